The number of hydrogen-bond acceptors (Lipinski definition) is 9. The Morgan fingerprint density at radius 1 is 1.24 bits per heavy atom. The summed E-state index contributed by atoms with van der Waals surface area (Å²) in [4.78, 5) is 40.7. The summed E-state index contributed by atoms with van der Waals surface area (Å²) in [5.74, 6) is -1.85. The summed E-state index contributed by atoms with van der Waals surface area (Å²) >= 11 is 2.17. The summed E-state index contributed by atoms with van der Waals surface area (Å²) in [6.45, 7) is 0.624. The van der Waals surface area contributed by atoms with E-state index in [0.717, 1.165) is 16.4 Å². The minimum atomic E-state index is -1.06. The maximum Gasteiger partial charge on any atom is 0.270 e. The molecule has 0 aliphatic rings. The van der Waals surface area contributed by atoms with E-state index in [1.54, 1.807) is 12.1 Å². The molecule has 174 valence electrons. The number of aromatic nitrogens is 1. The van der Waals surface area contributed by atoms with Crippen LogP contribution < -0.4 is 16.8 Å². The number of rotatable bonds is 10. The van der Waals surface area contributed by atoms with Crippen molar-refractivity contribution < 1.29 is 24.2 Å². The van der Waals surface area contributed by atoms with Crippen LogP contribution in [0.15, 0.2) is 41.8 Å². The molecule has 6 N–H and O–H groups in total. The minimum Gasteiger partial charge on any atom is -0.508 e. The van der Waals surface area contributed by atoms with Gasteiger partial charge in [-0.2, -0.15) is 4.37 Å². The van der Waals surface area contributed by atoms with Crippen LogP contribution in [0.25, 0.3) is 0 Å². The number of amides is 3. The number of methoxy groups -OCH3 is 1. The monoisotopic (exact) mass is 489 g/mol. The first-order valence-corrected chi connectivity index (χ1v) is 11.4. The van der Waals surface area contributed by atoms with Gasteiger partial charge in [-0.15, -0.1) is 11.3 Å². The van der Waals surface area contributed by atoms with Crippen molar-refractivity contribution in [2.45, 2.75) is 12.6 Å². The number of nitrogens with one attached hydrogen (secondary N) is 1. The van der Waals surface area contributed by atoms with Gasteiger partial charge in [0.25, 0.3) is 11.8 Å². The molecule has 0 bridgehead atoms. The van der Waals surface area contributed by atoms with Gasteiger partial charge in [-0.3, -0.25) is 14.4 Å². The van der Waals surface area contributed by atoms with Crippen LogP contribution >= 0.6 is 22.9 Å². The second-order valence-electron chi connectivity index (χ2n) is 6.93. The molecule has 3 amide bonds. The number of carbonyl (C=O) groups is 3. The summed E-state index contributed by atoms with van der Waals surface area (Å²) < 4.78 is 8.92. The van der Waals surface area contributed by atoms with Crippen molar-refractivity contribution in [2.24, 2.45) is 5.73 Å². The smallest absolute Gasteiger partial charge is 0.270 e. The number of nitrogens with zero attached hydrogens (tertiary/aromatic N) is 2. The second-order valence-corrected chi connectivity index (χ2v) is 8.73. The molecule has 2 aromatic heterocycles. The highest BCUT2D eigenvalue weighted by Crippen LogP contribution is 2.31. The first-order valence-electron chi connectivity index (χ1n) is 9.77. The lowest BCUT2D eigenvalue weighted by molar-refractivity contribution is -0.126. The summed E-state index contributed by atoms with van der Waals surface area (Å²) in [6, 6.07) is 8.62. The molecule has 0 fully saturated rings. The van der Waals surface area contributed by atoms with Crippen molar-refractivity contribution >= 4 is 46.3 Å². The highest BCUT2D eigenvalue weighted by molar-refractivity contribution is 7.10. The molecule has 0 saturated carbocycles. The Morgan fingerprint density at radius 3 is 2.55 bits per heavy atom. The first-order chi connectivity index (χ1) is 15.8. The number of ether oxygens (including phenoxy) is 1. The Labute approximate surface area is 197 Å². The Kier molecular flexibility index (Phi) is 7.98. The molecule has 10 nitrogen and oxygen atoms in total. The number of thiophene rings is 1. The molecule has 0 aliphatic carbocycles. The molecule has 1 atom stereocenters. The molecule has 1 aromatic carbocycles. The van der Waals surface area contributed by atoms with Gasteiger partial charge >= 0.3 is 0 Å². The Bertz CT molecular complexity index is 1110. The largest absolute Gasteiger partial charge is 0.508 e. The number of nitrogen functional groups attached to an aromatic ring is 1. The number of primary amides is 1. The highest BCUT2D eigenvalue weighted by atomic mass is 32.1. The normalized spacial score (nSPS) is 11.7. The van der Waals surface area contributed by atoms with Gasteiger partial charge in [-0.05, 0) is 40.7 Å². The molecule has 3 aromatic rings. The lowest BCUT2D eigenvalue weighted by atomic mass is 10.0. The van der Waals surface area contributed by atoms with Crippen LogP contribution in [0.5, 0.6) is 5.75 Å². The molecule has 12 heteroatoms. The summed E-state index contributed by atoms with van der Waals surface area (Å²) in [7, 11) is 1.51. The summed E-state index contributed by atoms with van der Waals surface area (Å²) in [5.41, 5.74) is 11.5. The van der Waals surface area contributed by atoms with Crippen molar-refractivity contribution in [3.8, 4) is 5.75 Å². The van der Waals surface area contributed by atoms with Gasteiger partial charge in [0, 0.05) is 18.5 Å². The van der Waals surface area contributed by atoms with Crippen LogP contribution in [-0.2, 0) is 16.1 Å². The fourth-order valence-corrected chi connectivity index (χ4v) is 4.58. The number of benzene rings is 1. The molecule has 3 rings (SSSR count). The first kappa shape index (κ1) is 24.2. The molecule has 0 unspecified atom stereocenters. The highest BCUT2D eigenvalue weighted by Gasteiger charge is 2.35. The standard InChI is InChI=1S/C21H23N5O5S2/c1-31-9-8-24-20(29)17(12-4-6-13(27)7-5-12)26(11-14-3-2-10-32-14)21(30)18-15(22)16(19(23)28)25-33-18/h2-7,10,17,27H,8-9,11,22H2,1H3,(H2,23,28)(H,24,29)/t17-/m0/s1. The Balaban J connectivity index is 2.07. The van der Waals surface area contributed by atoms with Crippen LogP contribution in [0.2, 0.25) is 0 Å². The van der Waals surface area contributed by atoms with E-state index in [-0.39, 0.29) is 41.7 Å². The fraction of sp³-hybridized carbons (Fsp3) is 0.238. The molecule has 2 heterocycles. The number of nitrogens with two attached hydrogens (primary N) is 2. The third-order valence-electron chi connectivity index (χ3n) is 4.70. The number of hydrogen-bond donors (Lipinski definition) is 4. The van der Waals surface area contributed by atoms with Crippen LogP contribution in [0.3, 0.4) is 0 Å². The van der Waals surface area contributed by atoms with Gasteiger partial charge in [0.2, 0.25) is 5.91 Å². The lowest BCUT2D eigenvalue weighted by Gasteiger charge is -2.31. The number of phenols is 1. The molecular weight excluding hydrogens is 466 g/mol. The van der Waals surface area contributed by atoms with Gasteiger partial charge in [-0.1, -0.05) is 18.2 Å². The zero-order chi connectivity index (χ0) is 24.0. The number of carbonyl (C=O) groups excluding carboxylic acids is 3. The van der Waals surface area contributed by atoms with Crippen LogP contribution in [0, 0.1) is 0 Å². The fourth-order valence-electron chi connectivity index (χ4n) is 3.11. The zero-order valence-electron chi connectivity index (χ0n) is 17.7. The van der Waals surface area contributed by atoms with Crippen molar-refractivity contribution in [1.82, 2.24) is 14.6 Å². The van der Waals surface area contributed by atoms with Gasteiger partial charge in [-0.25, -0.2) is 0 Å². The number of aromatic hydroxyl groups is 1. The predicted octanol–water partition coefficient (Wildman–Crippen LogP) is 1.74. The topological polar surface area (TPSA) is 161 Å². The van der Waals surface area contributed by atoms with Crippen molar-refractivity contribution in [3.63, 3.8) is 0 Å². The van der Waals surface area contributed by atoms with E-state index in [1.807, 2.05) is 17.5 Å². The Hall–Kier alpha value is -3.48. The van der Waals surface area contributed by atoms with Crippen molar-refractivity contribution in [3.05, 3.63) is 62.8 Å². The second kappa shape index (κ2) is 10.9. The zero-order valence-corrected chi connectivity index (χ0v) is 19.3. The van der Waals surface area contributed by atoms with E-state index < -0.39 is 23.8 Å². The van der Waals surface area contributed by atoms with Crippen LogP contribution in [0.1, 0.15) is 36.6 Å². The summed E-state index contributed by atoms with van der Waals surface area (Å²) in [6.07, 6.45) is 0. The van der Waals surface area contributed by atoms with Gasteiger partial charge in [0.15, 0.2) is 5.69 Å². The summed E-state index contributed by atoms with van der Waals surface area (Å²) in [5, 5.41) is 14.3. The van der Waals surface area contributed by atoms with E-state index in [4.69, 9.17) is 16.2 Å². The van der Waals surface area contributed by atoms with Gasteiger partial charge in [0.05, 0.1) is 18.8 Å². The molecule has 0 radical (unpaired) electrons. The van der Waals surface area contributed by atoms with E-state index in [1.165, 1.54) is 35.5 Å². The van der Waals surface area contributed by atoms with E-state index in [9.17, 15) is 19.5 Å². The molecule has 33 heavy (non-hydrogen) atoms. The van der Waals surface area contributed by atoms with Crippen molar-refractivity contribution in [1.29, 1.82) is 0 Å². The van der Waals surface area contributed by atoms with E-state index >= 15 is 0 Å². The predicted molar refractivity (Wildman–Crippen MR) is 125 cm³/mol. The molecule has 0 aliphatic heterocycles. The molecule has 0 spiro atoms. The number of phenolic OH excluding ortho intramolecular Hbond substituents is 1. The average molecular weight is 490 g/mol. The average Bonchev–Trinajstić information content (AvgIpc) is 3.44. The van der Waals surface area contributed by atoms with Gasteiger partial charge < -0.3 is 31.5 Å². The maximum absolute atomic E-state index is 13.7. The SMILES string of the molecule is COCCNC(=O)[C@H](c1ccc(O)cc1)N(Cc1cccs1)C(=O)c1snc(C(N)=O)c1N. The van der Waals surface area contributed by atoms with E-state index in [0.29, 0.717) is 5.56 Å². The molecular formula is C21H23N5O5S2. The van der Waals surface area contributed by atoms with E-state index in [2.05, 4.69) is 9.69 Å². The van der Waals surface area contributed by atoms with Gasteiger partial charge in [0.1, 0.15) is 16.7 Å². The quantitative estimate of drug-likeness (QED) is 0.315. The third-order valence-corrected chi connectivity index (χ3v) is 6.41. The molecule has 0 saturated heterocycles. The maximum atomic E-state index is 13.7. The lowest BCUT2D eigenvalue weighted by Crippen LogP contribution is -2.44. The van der Waals surface area contributed by atoms with Crippen molar-refractivity contribution in [2.75, 3.05) is 26.0 Å². The minimum absolute atomic E-state index is 0.00817. The third kappa shape index (κ3) is 5.66. The van der Waals surface area contributed by atoms with Crippen LogP contribution in [0.4, 0.5) is 5.69 Å². The Morgan fingerprint density at radius 2 is 1.97 bits per heavy atom. The van der Waals surface area contributed by atoms with Crippen LogP contribution in [-0.4, -0.2) is 52.4 Å². The number of anilines is 1.